The van der Waals surface area contributed by atoms with Crippen molar-refractivity contribution in [3.05, 3.63) is 48.5 Å². The smallest absolute Gasteiger partial charge is 0.306 e. The first kappa shape index (κ1) is 27.8. The summed E-state index contributed by atoms with van der Waals surface area (Å²) in [6, 6.07) is 16.3. The van der Waals surface area contributed by atoms with E-state index < -0.39 is 0 Å². The first-order valence-electron chi connectivity index (χ1n) is 13.3. The van der Waals surface area contributed by atoms with Crippen LogP contribution in [-0.4, -0.2) is 25.3 Å². The Morgan fingerprint density at radius 2 is 1.18 bits per heavy atom. The quantitative estimate of drug-likeness (QED) is 0.163. The second-order valence-corrected chi connectivity index (χ2v) is 9.09. The third-order valence-electron chi connectivity index (χ3n) is 5.86. The van der Waals surface area contributed by atoms with Crippen molar-refractivity contribution < 1.29 is 19.0 Å². The first-order chi connectivity index (χ1) is 16.6. The Morgan fingerprint density at radius 1 is 0.676 bits per heavy atom. The molecule has 2 aromatic carbocycles. The average molecular weight is 469 g/mol. The number of carbonyl (C=O) groups is 1. The van der Waals surface area contributed by atoms with E-state index in [9.17, 15) is 4.79 Å². The normalized spacial score (nSPS) is 11.7. The predicted octanol–water partition coefficient (Wildman–Crippen LogP) is 8.37. The first-order valence-corrected chi connectivity index (χ1v) is 13.3. The summed E-state index contributed by atoms with van der Waals surface area (Å²) in [6.07, 6.45) is 12.2. The van der Waals surface area contributed by atoms with Gasteiger partial charge >= 0.3 is 5.97 Å². The Morgan fingerprint density at radius 3 is 1.76 bits per heavy atom. The summed E-state index contributed by atoms with van der Waals surface area (Å²) in [6.45, 7) is 7.41. The summed E-state index contributed by atoms with van der Waals surface area (Å²) in [5, 5.41) is 0. The highest BCUT2D eigenvalue weighted by molar-refractivity contribution is 5.69. The molecule has 0 radical (unpaired) electrons. The summed E-state index contributed by atoms with van der Waals surface area (Å²) in [7, 11) is 0. The SMILES string of the molecule is CCCCCCCCOc1ccc(-c2ccc(OC[C@H](C)OC(=O)CCCCCC)cc2)cc1. The van der Waals surface area contributed by atoms with Crippen LogP contribution >= 0.6 is 0 Å². The van der Waals surface area contributed by atoms with Crippen molar-refractivity contribution in [2.45, 2.75) is 97.5 Å². The van der Waals surface area contributed by atoms with Crippen molar-refractivity contribution in [2.24, 2.45) is 0 Å². The van der Waals surface area contributed by atoms with Crippen LogP contribution in [0.1, 0.15) is 91.4 Å². The van der Waals surface area contributed by atoms with Gasteiger partial charge in [0, 0.05) is 6.42 Å². The highest BCUT2D eigenvalue weighted by atomic mass is 16.6. The molecular formula is C30H44O4. The average Bonchev–Trinajstić information content (AvgIpc) is 2.85. The molecule has 0 fully saturated rings. The lowest BCUT2D eigenvalue weighted by Crippen LogP contribution is -2.21. The number of hydrogen-bond donors (Lipinski definition) is 0. The van der Waals surface area contributed by atoms with Gasteiger partial charge in [0.05, 0.1) is 6.61 Å². The number of esters is 1. The van der Waals surface area contributed by atoms with Crippen molar-refractivity contribution in [1.29, 1.82) is 0 Å². The number of unbranched alkanes of at least 4 members (excludes halogenated alkanes) is 8. The number of carbonyl (C=O) groups excluding carboxylic acids is 1. The summed E-state index contributed by atoms with van der Waals surface area (Å²) in [4.78, 5) is 11.9. The van der Waals surface area contributed by atoms with E-state index in [-0.39, 0.29) is 12.1 Å². The predicted molar refractivity (Wildman–Crippen MR) is 141 cm³/mol. The Balaban J connectivity index is 1.69. The van der Waals surface area contributed by atoms with E-state index in [1.54, 1.807) is 0 Å². The fourth-order valence-corrected chi connectivity index (χ4v) is 3.79. The Labute approximate surface area is 207 Å². The van der Waals surface area contributed by atoms with Gasteiger partial charge in [-0.2, -0.15) is 0 Å². The lowest BCUT2D eigenvalue weighted by molar-refractivity contribution is -0.149. The minimum atomic E-state index is -0.262. The molecule has 0 unspecified atom stereocenters. The zero-order valence-electron chi connectivity index (χ0n) is 21.5. The van der Waals surface area contributed by atoms with Crippen LogP contribution in [0.25, 0.3) is 11.1 Å². The van der Waals surface area contributed by atoms with E-state index in [2.05, 4.69) is 26.0 Å². The van der Waals surface area contributed by atoms with Gasteiger partial charge in [0.15, 0.2) is 0 Å². The van der Waals surface area contributed by atoms with Gasteiger partial charge in [-0.15, -0.1) is 0 Å². The zero-order valence-corrected chi connectivity index (χ0v) is 21.5. The molecule has 34 heavy (non-hydrogen) atoms. The van der Waals surface area contributed by atoms with Gasteiger partial charge in [-0.25, -0.2) is 0 Å². The highest BCUT2D eigenvalue weighted by Crippen LogP contribution is 2.25. The molecule has 2 rings (SSSR count). The maximum atomic E-state index is 11.9. The molecule has 188 valence electrons. The van der Waals surface area contributed by atoms with Crippen molar-refractivity contribution in [1.82, 2.24) is 0 Å². The minimum Gasteiger partial charge on any atom is -0.494 e. The van der Waals surface area contributed by atoms with Crippen molar-refractivity contribution in [3.8, 4) is 22.6 Å². The standard InChI is InChI=1S/C30H44O4/c1-4-6-8-10-11-13-23-32-28-19-15-26(16-20-28)27-17-21-29(22-18-27)33-24-25(3)34-30(31)14-12-9-7-5-2/h15-22,25H,4-14,23-24H2,1-3H3/t25-/m0/s1. The van der Waals surface area contributed by atoms with Crippen molar-refractivity contribution in [3.63, 3.8) is 0 Å². The molecule has 0 amide bonds. The van der Waals surface area contributed by atoms with Crippen LogP contribution in [0.15, 0.2) is 48.5 Å². The molecular weight excluding hydrogens is 424 g/mol. The van der Waals surface area contributed by atoms with E-state index in [0.29, 0.717) is 13.0 Å². The van der Waals surface area contributed by atoms with Crippen LogP contribution in [0.3, 0.4) is 0 Å². The molecule has 4 nitrogen and oxygen atoms in total. The van der Waals surface area contributed by atoms with Gasteiger partial charge in [0.2, 0.25) is 0 Å². The monoisotopic (exact) mass is 468 g/mol. The van der Waals surface area contributed by atoms with E-state index in [1.165, 1.54) is 38.5 Å². The van der Waals surface area contributed by atoms with Crippen LogP contribution in [0.5, 0.6) is 11.5 Å². The fourth-order valence-electron chi connectivity index (χ4n) is 3.79. The molecule has 0 N–H and O–H groups in total. The Kier molecular flexibility index (Phi) is 13.9. The second kappa shape index (κ2) is 17.0. The molecule has 0 saturated heterocycles. The summed E-state index contributed by atoms with van der Waals surface area (Å²) < 4.78 is 17.1. The number of rotatable bonds is 18. The number of benzene rings is 2. The van der Waals surface area contributed by atoms with Crippen LogP contribution in [0, 0.1) is 0 Å². The maximum Gasteiger partial charge on any atom is 0.306 e. The van der Waals surface area contributed by atoms with Crippen LogP contribution in [0.4, 0.5) is 0 Å². The third-order valence-corrected chi connectivity index (χ3v) is 5.86. The lowest BCUT2D eigenvalue weighted by Gasteiger charge is -2.15. The van der Waals surface area contributed by atoms with E-state index in [4.69, 9.17) is 14.2 Å². The molecule has 1 atom stereocenters. The van der Waals surface area contributed by atoms with Gasteiger partial charge in [0.1, 0.15) is 24.2 Å². The molecule has 0 aliphatic heterocycles. The van der Waals surface area contributed by atoms with Crippen molar-refractivity contribution >= 4 is 5.97 Å². The third kappa shape index (κ3) is 11.6. The van der Waals surface area contributed by atoms with E-state index in [0.717, 1.165) is 54.9 Å². The van der Waals surface area contributed by atoms with Gasteiger partial charge < -0.3 is 14.2 Å². The van der Waals surface area contributed by atoms with Gasteiger partial charge in [0.25, 0.3) is 0 Å². The number of hydrogen-bond acceptors (Lipinski definition) is 4. The molecule has 0 heterocycles. The summed E-state index contributed by atoms with van der Waals surface area (Å²) in [5.41, 5.74) is 2.27. The second-order valence-electron chi connectivity index (χ2n) is 9.09. The topological polar surface area (TPSA) is 44.8 Å². The zero-order chi connectivity index (χ0) is 24.4. The Bertz CT molecular complexity index is 782. The van der Waals surface area contributed by atoms with Crippen LogP contribution < -0.4 is 9.47 Å². The molecule has 0 aliphatic carbocycles. The van der Waals surface area contributed by atoms with E-state index in [1.807, 2.05) is 43.3 Å². The van der Waals surface area contributed by atoms with Crippen LogP contribution in [-0.2, 0) is 9.53 Å². The molecule has 2 aromatic rings. The number of ether oxygens (including phenoxy) is 3. The van der Waals surface area contributed by atoms with Crippen LogP contribution in [0.2, 0.25) is 0 Å². The minimum absolute atomic E-state index is 0.137. The maximum absolute atomic E-state index is 11.9. The lowest BCUT2D eigenvalue weighted by atomic mass is 10.1. The molecule has 0 saturated carbocycles. The van der Waals surface area contributed by atoms with Gasteiger partial charge in [-0.3, -0.25) is 4.79 Å². The molecule has 0 spiro atoms. The fraction of sp³-hybridized carbons (Fsp3) is 0.567. The van der Waals surface area contributed by atoms with E-state index >= 15 is 0 Å². The van der Waals surface area contributed by atoms with Gasteiger partial charge in [-0.05, 0) is 55.2 Å². The molecule has 0 aromatic heterocycles. The summed E-state index contributed by atoms with van der Waals surface area (Å²) >= 11 is 0. The molecule has 0 aliphatic rings. The Hall–Kier alpha value is -2.49. The highest BCUT2D eigenvalue weighted by Gasteiger charge is 2.10. The molecule has 0 bridgehead atoms. The van der Waals surface area contributed by atoms with Crippen molar-refractivity contribution in [2.75, 3.05) is 13.2 Å². The molecule has 4 heteroatoms. The van der Waals surface area contributed by atoms with Gasteiger partial charge in [-0.1, -0.05) is 89.5 Å². The summed E-state index contributed by atoms with van der Waals surface area (Å²) in [5.74, 6) is 1.56. The largest absolute Gasteiger partial charge is 0.494 e.